The lowest BCUT2D eigenvalue weighted by molar-refractivity contribution is -0.479. The Morgan fingerprint density at radius 1 is 1.24 bits per heavy atom. The lowest BCUT2D eigenvalue weighted by Gasteiger charge is -2.41. The van der Waals surface area contributed by atoms with Gasteiger partial charge in [-0.05, 0) is 56.9 Å². The topological polar surface area (TPSA) is 120 Å². The zero-order valence-corrected chi connectivity index (χ0v) is 22.6. The van der Waals surface area contributed by atoms with Crippen LogP contribution in [0.15, 0.2) is 30.3 Å². The first-order valence-corrected chi connectivity index (χ1v) is 13.3. The van der Waals surface area contributed by atoms with E-state index in [-0.39, 0.29) is 30.6 Å². The molecule has 2 aromatic heterocycles. The highest BCUT2D eigenvalue weighted by atomic mass is 35.5. The fraction of sp³-hybridized carbons (Fsp3) is 0.519. The Morgan fingerprint density at radius 2 is 1.97 bits per heavy atom. The van der Waals surface area contributed by atoms with Gasteiger partial charge in [-0.1, -0.05) is 36.6 Å². The van der Waals surface area contributed by atoms with E-state index in [1.165, 1.54) is 7.11 Å². The second-order valence-electron chi connectivity index (χ2n) is 9.87. The number of benzene rings is 1. The molecule has 38 heavy (non-hydrogen) atoms. The lowest BCUT2D eigenvalue weighted by Crippen LogP contribution is -2.47. The first kappa shape index (κ1) is 26.7. The van der Waals surface area contributed by atoms with Gasteiger partial charge in [0, 0.05) is 18.2 Å². The molecule has 1 aliphatic heterocycles. The highest BCUT2D eigenvalue weighted by Crippen LogP contribution is 2.41. The van der Waals surface area contributed by atoms with Crippen molar-refractivity contribution < 1.29 is 28.8 Å². The molecule has 0 bridgehead atoms. The van der Waals surface area contributed by atoms with Crippen molar-refractivity contribution in [1.82, 2.24) is 14.5 Å². The van der Waals surface area contributed by atoms with Crippen LogP contribution in [0.4, 0.5) is 5.95 Å². The highest BCUT2D eigenvalue weighted by Gasteiger charge is 2.45. The lowest BCUT2D eigenvalue weighted by atomic mass is 9.90. The van der Waals surface area contributed by atoms with Crippen LogP contribution in [0.5, 0.6) is 5.88 Å². The average molecular weight is 545 g/mol. The number of methoxy groups -OCH3 is 1. The number of halogens is 1. The maximum Gasteiger partial charge on any atom is 0.355 e. The molecular weight excluding hydrogens is 512 g/mol. The van der Waals surface area contributed by atoms with Crippen LogP contribution in [-0.2, 0) is 19.2 Å². The molecular formula is C27H33ClN4O6. The van der Waals surface area contributed by atoms with Crippen LogP contribution < -0.4 is 10.5 Å². The summed E-state index contributed by atoms with van der Waals surface area (Å²) in [6.07, 6.45) is 4.19. The van der Waals surface area contributed by atoms with Gasteiger partial charge < -0.3 is 24.5 Å². The molecule has 5 rings (SSSR count). The number of carbonyl (C=O) groups is 1. The molecule has 1 aliphatic carbocycles. The van der Waals surface area contributed by atoms with Gasteiger partial charge in [0.05, 0.1) is 24.5 Å². The number of nitrogens with zero attached hydrogens (tertiary/aromatic N) is 3. The molecule has 3 heterocycles. The smallest absolute Gasteiger partial charge is 0.355 e. The van der Waals surface area contributed by atoms with Gasteiger partial charge >= 0.3 is 5.97 Å². The zero-order chi connectivity index (χ0) is 26.9. The van der Waals surface area contributed by atoms with Crippen LogP contribution >= 0.6 is 11.6 Å². The summed E-state index contributed by atoms with van der Waals surface area (Å²) in [6.45, 7) is 4.11. The molecule has 0 amide bonds. The third-order valence-electron chi connectivity index (χ3n) is 7.49. The minimum absolute atomic E-state index is 0.0644. The predicted molar refractivity (Wildman–Crippen MR) is 141 cm³/mol. The number of nitrogen functional groups attached to an aromatic ring is 1. The first-order valence-electron chi connectivity index (χ1n) is 13.0. The maximum absolute atomic E-state index is 13.6. The van der Waals surface area contributed by atoms with Crippen LogP contribution in [0.2, 0.25) is 5.02 Å². The van der Waals surface area contributed by atoms with Crippen molar-refractivity contribution in [2.45, 2.75) is 63.9 Å². The van der Waals surface area contributed by atoms with E-state index >= 15 is 0 Å². The Bertz CT molecular complexity index is 1290. The van der Waals surface area contributed by atoms with E-state index in [0.717, 1.165) is 31.2 Å². The number of nitrogens with two attached hydrogens (primary N) is 1. The fourth-order valence-corrected chi connectivity index (χ4v) is 5.42. The summed E-state index contributed by atoms with van der Waals surface area (Å²) in [4.78, 5) is 33.6. The zero-order valence-electron chi connectivity index (χ0n) is 21.8. The van der Waals surface area contributed by atoms with Crippen molar-refractivity contribution >= 4 is 34.6 Å². The summed E-state index contributed by atoms with van der Waals surface area (Å²) in [5, 5.41) is 1.27. The number of fused-ring (bicyclic) bond motifs is 1. The quantitative estimate of drug-likeness (QED) is 0.293. The molecule has 1 aromatic carbocycles. The number of hydrogen-bond donors (Lipinski definition) is 1. The van der Waals surface area contributed by atoms with Crippen molar-refractivity contribution in [1.29, 1.82) is 0 Å². The SMILES string of the molecule is CCOc1nc(N)nc2c1cc(C(=O)OCC1CC(c3ccc(Cl)cc3)OOC1(C)OC)n2C1CCCC1. The Hall–Kier alpha value is -2.92. The summed E-state index contributed by atoms with van der Waals surface area (Å²) >= 11 is 6.04. The van der Waals surface area contributed by atoms with Crippen molar-refractivity contribution in [3.8, 4) is 5.88 Å². The maximum atomic E-state index is 13.6. The Balaban J connectivity index is 1.41. The molecule has 0 radical (unpaired) electrons. The van der Waals surface area contributed by atoms with E-state index in [4.69, 9.17) is 41.3 Å². The van der Waals surface area contributed by atoms with Crippen LogP contribution in [-0.4, -0.2) is 46.6 Å². The van der Waals surface area contributed by atoms with Gasteiger partial charge in [-0.3, -0.25) is 0 Å². The van der Waals surface area contributed by atoms with E-state index in [1.54, 1.807) is 25.1 Å². The predicted octanol–water partition coefficient (Wildman–Crippen LogP) is 5.41. The molecule has 2 aliphatic rings. The van der Waals surface area contributed by atoms with E-state index in [1.807, 2.05) is 23.6 Å². The first-order chi connectivity index (χ1) is 18.3. The normalized spacial score (nSPS) is 24.1. The van der Waals surface area contributed by atoms with E-state index < -0.39 is 11.8 Å². The van der Waals surface area contributed by atoms with Crippen LogP contribution in [0.3, 0.4) is 0 Å². The number of rotatable bonds is 8. The minimum atomic E-state index is -1.09. The molecule has 2 fully saturated rings. The van der Waals surface area contributed by atoms with Crippen LogP contribution in [0, 0.1) is 5.92 Å². The summed E-state index contributed by atoms with van der Waals surface area (Å²) in [6, 6.07) is 9.23. The van der Waals surface area contributed by atoms with Crippen molar-refractivity contribution in [2.24, 2.45) is 5.92 Å². The highest BCUT2D eigenvalue weighted by molar-refractivity contribution is 6.30. The van der Waals surface area contributed by atoms with Gasteiger partial charge in [0.1, 0.15) is 17.4 Å². The molecule has 10 nitrogen and oxygen atoms in total. The minimum Gasteiger partial charge on any atom is -0.477 e. The molecule has 204 valence electrons. The average Bonchev–Trinajstić information content (AvgIpc) is 3.57. The summed E-state index contributed by atoms with van der Waals surface area (Å²) in [5.41, 5.74) is 7.89. The van der Waals surface area contributed by atoms with E-state index in [9.17, 15) is 4.79 Å². The largest absolute Gasteiger partial charge is 0.477 e. The monoisotopic (exact) mass is 544 g/mol. The molecule has 3 unspecified atom stereocenters. The number of carbonyl (C=O) groups excluding carboxylic acids is 1. The standard InChI is InChI=1S/C27H33ClN4O6/c1-4-35-24-20-14-21(32(19-7-5-6-8-19)23(20)30-26(29)31-24)25(33)36-15-17-13-22(37-38-27(17,2)34-3)16-9-11-18(28)12-10-16/h9-12,14,17,19,22H,4-8,13,15H2,1-3H3,(H2,29,30,31). The van der Waals surface area contributed by atoms with Crippen molar-refractivity contribution in [3.63, 3.8) is 0 Å². The molecule has 3 atom stereocenters. The van der Waals surface area contributed by atoms with Gasteiger partial charge in [0.15, 0.2) is 0 Å². The molecule has 1 saturated heterocycles. The van der Waals surface area contributed by atoms with E-state index in [0.29, 0.717) is 40.7 Å². The number of esters is 1. The number of aromatic nitrogens is 3. The Labute approximate surface area is 226 Å². The summed E-state index contributed by atoms with van der Waals surface area (Å²) < 4.78 is 19.2. The van der Waals surface area contributed by atoms with Gasteiger partial charge in [-0.15, -0.1) is 0 Å². The second kappa shape index (κ2) is 11.1. The number of hydrogen-bond acceptors (Lipinski definition) is 9. The summed E-state index contributed by atoms with van der Waals surface area (Å²) in [7, 11) is 1.54. The molecule has 1 saturated carbocycles. The fourth-order valence-electron chi connectivity index (χ4n) is 5.29. The van der Waals surface area contributed by atoms with E-state index in [2.05, 4.69) is 9.97 Å². The van der Waals surface area contributed by atoms with Crippen LogP contribution in [0.1, 0.15) is 74.1 Å². The number of anilines is 1. The molecule has 2 N–H and O–H groups in total. The third-order valence-corrected chi connectivity index (χ3v) is 7.74. The van der Waals surface area contributed by atoms with Gasteiger partial charge in [0.2, 0.25) is 17.6 Å². The van der Waals surface area contributed by atoms with Gasteiger partial charge in [0.25, 0.3) is 0 Å². The van der Waals surface area contributed by atoms with Gasteiger partial charge in [-0.25, -0.2) is 14.6 Å². The molecule has 3 aromatic rings. The Morgan fingerprint density at radius 3 is 2.66 bits per heavy atom. The van der Waals surface area contributed by atoms with Gasteiger partial charge in [-0.2, -0.15) is 9.97 Å². The molecule has 0 spiro atoms. The van der Waals surface area contributed by atoms with Crippen molar-refractivity contribution in [2.75, 3.05) is 26.1 Å². The number of ether oxygens (including phenoxy) is 3. The summed E-state index contributed by atoms with van der Waals surface area (Å²) in [5.74, 6) is -1.41. The molecule has 11 heteroatoms. The second-order valence-corrected chi connectivity index (χ2v) is 10.3. The third kappa shape index (κ3) is 5.18. The van der Waals surface area contributed by atoms with Crippen LogP contribution in [0.25, 0.3) is 11.0 Å². The Kier molecular flexibility index (Phi) is 7.76. The van der Waals surface area contributed by atoms with Crippen molar-refractivity contribution in [3.05, 3.63) is 46.6 Å².